The first-order valence-electron chi connectivity index (χ1n) is 9.58. The van der Waals surface area contributed by atoms with E-state index in [0.717, 1.165) is 31.2 Å². The van der Waals surface area contributed by atoms with Crippen molar-refractivity contribution in [1.82, 2.24) is 4.90 Å². The average Bonchev–Trinajstić information content (AvgIpc) is 2.59. The van der Waals surface area contributed by atoms with E-state index in [9.17, 15) is 9.90 Å². The van der Waals surface area contributed by atoms with Gasteiger partial charge in [-0.3, -0.25) is 4.79 Å². The second-order valence-corrected chi connectivity index (χ2v) is 8.38. The number of aliphatic hydroxyl groups is 1. The third-order valence-corrected chi connectivity index (χ3v) is 5.21. The molecule has 1 aliphatic rings. The van der Waals surface area contributed by atoms with E-state index in [2.05, 4.69) is 0 Å². The van der Waals surface area contributed by atoms with Gasteiger partial charge in [0.1, 0.15) is 0 Å². The van der Waals surface area contributed by atoms with Gasteiger partial charge in [-0.2, -0.15) is 0 Å². The number of carbonyl (C=O) groups is 1. The van der Waals surface area contributed by atoms with Crippen LogP contribution in [0.5, 0.6) is 0 Å². The van der Waals surface area contributed by atoms with Gasteiger partial charge in [-0.05, 0) is 45.6 Å². The molecule has 1 aromatic carbocycles. The smallest absolute Gasteiger partial charge is 0.226 e. The standard InChI is InChI=1S/C21H34N2O2/c1-21(2,3)23(20(25)17-12-8-5-9-13-17)15-19(24)18(22)14-16-10-6-4-7-11-16/h4,6-7,10-11,17-19,24H,5,8-9,12-15,22H2,1-3H3/t18-,19+/m0/s1. The molecule has 1 aromatic rings. The maximum atomic E-state index is 13.0. The Morgan fingerprint density at radius 3 is 2.36 bits per heavy atom. The second-order valence-electron chi connectivity index (χ2n) is 8.38. The Bertz CT molecular complexity index is 533. The lowest BCUT2D eigenvalue weighted by Gasteiger charge is -2.40. The van der Waals surface area contributed by atoms with Gasteiger partial charge in [-0.15, -0.1) is 0 Å². The fourth-order valence-corrected chi connectivity index (χ4v) is 3.61. The Hall–Kier alpha value is -1.39. The summed E-state index contributed by atoms with van der Waals surface area (Å²) in [5, 5.41) is 10.6. The highest BCUT2D eigenvalue weighted by Crippen LogP contribution is 2.28. The number of rotatable bonds is 6. The van der Waals surface area contributed by atoms with Crippen molar-refractivity contribution in [3.05, 3.63) is 35.9 Å². The molecule has 0 saturated heterocycles. The van der Waals surface area contributed by atoms with Crippen LogP contribution in [0.3, 0.4) is 0 Å². The molecule has 0 heterocycles. The summed E-state index contributed by atoms with van der Waals surface area (Å²) in [4.78, 5) is 14.9. The van der Waals surface area contributed by atoms with Crippen molar-refractivity contribution >= 4 is 5.91 Å². The molecule has 1 aliphatic carbocycles. The topological polar surface area (TPSA) is 66.6 Å². The van der Waals surface area contributed by atoms with Crippen LogP contribution in [-0.2, 0) is 11.2 Å². The van der Waals surface area contributed by atoms with Crippen molar-refractivity contribution in [3.8, 4) is 0 Å². The van der Waals surface area contributed by atoms with Crippen molar-refractivity contribution in [2.45, 2.75) is 77.0 Å². The SMILES string of the molecule is CC(C)(C)N(C[C@@H](O)[C@@H](N)Cc1ccccc1)C(=O)C1CCCCC1. The molecule has 0 aromatic heterocycles. The van der Waals surface area contributed by atoms with Crippen molar-refractivity contribution in [3.63, 3.8) is 0 Å². The number of hydrogen-bond acceptors (Lipinski definition) is 3. The highest BCUT2D eigenvalue weighted by atomic mass is 16.3. The summed E-state index contributed by atoms with van der Waals surface area (Å²) in [7, 11) is 0. The van der Waals surface area contributed by atoms with Gasteiger partial charge in [0.05, 0.1) is 6.10 Å². The van der Waals surface area contributed by atoms with Crippen LogP contribution in [0.25, 0.3) is 0 Å². The minimum atomic E-state index is -0.730. The molecular formula is C21H34N2O2. The summed E-state index contributed by atoms with van der Waals surface area (Å²) >= 11 is 0. The number of nitrogens with two attached hydrogens (primary N) is 1. The zero-order valence-corrected chi connectivity index (χ0v) is 15.9. The molecule has 1 saturated carbocycles. The Kier molecular flexibility index (Phi) is 7.03. The average molecular weight is 347 g/mol. The van der Waals surface area contributed by atoms with E-state index in [1.165, 1.54) is 6.42 Å². The van der Waals surface area contributed by atoms with Gasteiger partial charge in [0.15, 0.2) is 0 Å². The van der Waals surface area contributed by atoms with E-state index in [-0.39, 0.29) is 23.4 Å². The van der Waals surface area contributed by atoms with Gasteiger partial charge in [-0.1, -0.05) is 49.6 Å². The van der Waals surface area contributed by atoms with Gasteiger partial charge in [0, 0.05) is 24.0 Å². The van der Waals surface area contributed by atoms with E-state index >= 15 is 0 Å². The molecule has 0 radical (unpaired) electrons. The monoisotopic (exact) mass is 346 g/mol. The Morgan fingerprint density at radius 1 is 1.20 bits per heavy atom. The van der Waals surface area contributed by atoms with Crippen molar-refractivity contribution in [2.75, 3.05) is 6.54 Å². The van der Waals surface area contributed by atoms with Gasteiger partial charge in [-0.25, -0.2) is 0 Å². The van der Waals surface area contributed by atoms with Crippen LogP contribution in [-0.4, -0.2) is 40.1 Å². The summed E-state index contributed by atoms with van der Waals surface area (Å²) < 4.78 is 0. The predicted octanol–water partition coefficient (Wildman–Crippen LogP) is 3.12. The molecule has 0 unspecified atom stereocenters. The summed E-state index contributed by atoms with van der Waals surface area (Å²) in [5.74, 6) is 0.281. The van der Waals surface area contributed by atoms with Gasteiger partial charge in [0.2, 0.25) is 5.91 Å². The predicted molar refractivity (Wildman–Crippen MR) is 102 cm³/mol. The number of benzene rings is 1. The third-order valence-electron chi connectivity index (χ3n) is 5.21. The first kappa shape index (κ1) is 19.9. The van der Waals surface area contributed by atoms with E-state index in [1.807, 2.05) is 56.0 Å². The van der Waals surface area contributed by atoms with Crippen molar-refractivity contribution in [1.29, 1.82) is 0 Å². The highest BCUT2D eigenvalue weighted by Gasteiger charge is 2.34. The Labute approximate surface area is 152 Å². The summed E-state index contributed by atoms with van der Waals surface area (Å²) in [6.07, 6.45) is 5.30. The van der Waals surface area contributed by atoms with Gasteiger partial charge >= 0.3 is 0 Å². The molecule has 2 atom stereocenters. The van der Waals surface area contributed by atoms with Crippen LogP contribution in [0, 0.1) is 5.92 Å². The van der Waals surface area contributed by atoms with Gasteiger partial charge < -0.3 is 15.7 Å². The normalized spacial score (nSPS) is 18.6. The van der Waals surface area contributed by atoms with Crippen LogP contribution >= 0.6 is 0 Å². The van der Waals surface area contributed by atoms with Crippen molar-refractivity contribution < 1.29 is 9.90 Å². The third kappa shape index (κ3) is 5.82. The second kappa shape index (κ2) is 8.81. The zero-order valence-electron chi connectivity index (χ0n) is 15.9. The quantitative estimate of drug-likeness (QED) is 0.832. The van der Waals surface area contributed by atoms with E-state index in [0.29, 0.717) is 13.0 Å². The molecule has 3 N–H and O–H groups in total. The molecule has 4 heteroatoms. The molecule has 0 spiro atoms. The molecule has 25 heavy (non-hydrogen) atoms. The molecule has 1 fully saturated rings. The van der Waals surface area contributed by atoms with E-state index in [4.69, 9.17) is 5.73 Å². The fourth-order valence-electron chi connectivity index (χ4n) is 3.61. The summed E-state index contributed by atoms with van der Waals surface area (Å²) in [5.41, 5.74) is 7.02. The minimum absolute atomic E-state index is 0.102. The van der Waals surface area contributed by atoms with Gasteiger partial charge in [0.25, 0.3) is 0 Å². The van der Waals surface area contributed by atoms with Crippen LogP contribution < -0.4 is 5.73 Å². The number of aliphatic hydroxyl groups excluding tert-OH is 1. The molecule has 2 rings (SSSR count). The fraction of sp³-hybridized carbons (Fsp3) is 0.667. The molecule has 0 aliphatic heterocycles. The molecule has 1 amide bonds. The number of β-amino-alcohol motifs (C(OH)–C–C–N with tert-alkyl or cyclic N) is 1. The number of hydrogen-bond donors (Lipinski definition) is 2. The molecule has 140 valence electrons. The number of amides is 1. The Balaban J connectivity index is 2.01. The lowest BCUT2D eigenvalue weighted by Crippen LogP contribution is -2.54. The van der Waals surface area contributed by atoms with E-state index < -0.39 is 6.10 Å². The summed E-state index contributed by atoms with van der Waals surface area (Å²) in [6.45, 7) is 6.39. The Morgan fingerprint density at radius 2 is 1.80 bits per heavy atom. The van der Waals surface area contributed by atoms with Crippen LogP contribution in [0.2, 0.25) is 0 Å². The number of carbonyl (C=O) groups excluding carboxylic acids is 1. The lowest BCUT2D eigenvalue weighted by atomic mass is 9.87. The first-order chi connectivity index (χ1) is 11.8. The highest BCUT2D eigenvalue weighted by molar-refractivity contribution is 5.79. The first-order valence-corrected chi connectivity index (χ1v) is 9.58. The summed E-state index contributed by atoms with van der Waals surface area (Å²) in [6, 6.07) is 9.56. The largest absolute Gasteiger partial charge is 0.390 e. The molecule has 0 bridgehead atoms. The maximum absolute atomic E-state index is 13.0. The minimum Gasteiger partial charge on any atom is -0.390 e. The molecular weight excluding hydrogens is 312 g/mol. The molecule has 4 nitrogen and oxygen atoms in total. The zero-order chi connectivity index (χ0) is 18.4. The van der Waals surface area contributed by atoms with E-state index in [1.54, 1.807) is 0 Å². The van der Waals surface area contributed by atoms with Crippen LogP contribution in [0.15, 0.2) is 30.3 Å². The maximum Gasteiger partial charge on any atom is 0.226 e. The van der Waals surface area contributed by atoms with Crippen LogP contribution in [0.4, 0.5) is 0 Å². The van der Waals surface area contributed by atoms with Crippen molar-refractivity contribution in [2.24, 2.45) is 11.7 Å². The number of nitrogens with zero attached hydrogens (tertiary/aromatic N) is 1. The van der Waals surface area contributed by atoms with Crippen LogP contribution in [0.1, 0.15) is 58.4 Å². The lowest BCUT2D eigenvalue weighted by molar-refractivity contribution is -0.143.